The van der Waals surface area contributed by atoms with Crippen molar-refractivity contribution in [1.82, 2.24) is 5.48 Å². The highest BCUT2D eigenvalue weighted by Crippen LogP contribution is 2.31. The van der Waals surface area contributed by atoms with Crippen molar-refractivity contribution in [3.8, 4) is 0 Å². The Morgan fingerprint density at radius 3 is 2.68 bits per heavy atom. The maximum Gasteiger partial charge on any atom is 0.277 e. The van der Waals surface area contributed by atoms with E-state index in [1.807, 2.05) is 12.4 Å². The number of rotatable bonds is 7. The van der Waals surface area contributed by atoms with E-state index in [0.29, 0.717) is 10.7 Å². The van der Waals surface area contributed by atoms with Gasteiger partial charge in [0.15, 0.2) is 11.6 Å². The summed E-state index contributed by atoms with van der Waals surface area (Å²) in [6, 6.07) is 7.06. The van der Waals surface area contributed by atoms with E-state index >= 15 is 0 Å². The predicted molar refractivity (Wildman–Crippen MR) is 91.0 cm³/mol. The first-order valence-corrected chi connectivity index (χ1v) is 7.92. The quantitative estimate of drug-likeness (QED) is 0.514. The second kappa shape index (κ2) is 8.75. The fourth-order valence-corrected chi connectivity index (χ4v) is 2.34. The van der Waals surface area contributed by atoms with Gasteiger partial charge in [-0.25, -0.2) is 14.3 Å². The molecule has 0 aliphatic heterocycles. The molecule has 2 aromatic rings. The molecule has 8 heteroatoms. The third-order valence-corrected chi connectivity index (χ3v) is 3.71. The number of hydroxylamine groups is 1. The van der Waals surface area contributed by atoms with Crippen molar-refractivity contribution in [2.24, 2.45) is 0 Å². The van der Waals surface area contributed by atoms with Crippen LogP contribution >= 0.6 is 11.6 Å². The monoisotopic (exact) mass is 370 g/mol. The van der Waals surface area contributed by atoms with Gasteiger partial charge in [0.1, 0.15) is 0 Å². The molecule has 0 aliphatic carbocycles. The van der Waals surface area contributed by atoms with Crippen molar-refractivity contribution in [3.63, 3.8) is 0 Å². The molecule has 25 heavy (non-hydrogen) atoms. The summed E-state index contributed by atoms with van der Waals surface area (Å²) in [6.07, 6.45) is 0.768. The summed E-state index contributed by atoms with van der Waals surface area (Å²) in [5, 5.41) is 11.6. The summed E-state index contributed by atoms with van der Waals surface area (Å²) in [4.78, 5) is 16.8. The molecular weight excluding hydrogens is 354 g/mol. The normalized spacial score (nSPS) is 10.6. The smallest absolute Gasteiger partial charge is 0.277 e. The molecule has 134 valence electrons. The number of amides is 1. The van der Waals surface area contributed by atoms with E-state index in [4.69, 9.17) is 21.5 Å². The fraction of sp³-hybridized carbons (Fsp3) is 0.235. The lowest BCUT2D eigenvalue weighted by atomic mass is 10.1. The summed E-state index contributed by atoms with van der Waals surface area (Å²) in [7, 11) is 0. The number of halogens is 3. The largest absolute Gasteiger partial charge is 0.394 e. The van der Waals surface area contributed by atoms with Gasteiger partial charge < -0.3 is 10.4 Å². The first kappa shape index (κ1) is 19.1. The molecular formula is C17H17ClF2N2O3. The van der Waals surface area contributed by atoms with Crippen LogP contribution in [0.25, 0.3) is 0 Å². The second-order valence-electron chi connectivity index (χ2n) is 5.08. The number of aryl methyl sites for hydroxylation is 1. The van der Waals surface area contributed by atoms with Gasteiger partial charge in [-0.1, -0.05) is 24.6 Å². The van der Waals surface area contributed by atoms with Crippen LogP contribution < -0.4 is 10.8 Å². The molecule has 0 fully saturated rings. The Kier molecular flexibility index (Phi) is 6.69. The average Bonchev–Trinajstić information content (AvgIpc) is 2.60. The highest BCUT2D eigenvalue weighted by atomic mass is 35.5. The molecule has 0 saturated carbocycles. The number of benzene rings is 2. The Morgan fingerprint density at radius 2 is 2.04 bits per heavy atom. The number of carbonyl (C=O) groups is 1. The van der Waals surface area contributed by atoms with Crippen LogP contribution in [-0.4, -0.2) is 24.2 Å². The van der Waals surface area contributed by atoms with Gasteiger partial charge in [-0.3, -0.25) is 9.63 Å². The summed E-state index contributed by atoms with van der Waals surface area (Å²) in [5.74, 6) is -3.13. The van der Waals surface area contributed by atoms with Crippen LogP contribution in [0.5, 0.6) is 0 Å². The highest BCUT2D eigenvalue weighted by molar-refractivity contribution is 6.33. The molecule has 0 bridgehead atoms. The summed E-state index contributed by atoms with van der Waals surface area (Å²) in [6.45, 7) is 1.52. The molecule has 0 aliphatic rings. The zero-order chi connectivity index (χ0) is 18.4. The molecule has 0 saturated heterocycles. The second-order valence-corrected chi connectivity index (χ2v) is 5.49. The molecule has 1 amide bonds. The van der Waals surface area contributed by atoms with E-state index in [2.05, 4.69) is 5.32 Å². The van der Waals surface area contributed by atoms with Crippen LogP contribution in [0.1, 0.15) is 22.8 Å². The summed E-state index contributed by atoms with van der Waals surface area (Å²) < 4.78 is 27.8. The molecule has 0 heterocycles. The van der Waals surface area contributed by atoms with Crippen molar-refractivity contribution < 1.29 is 23.5 Å². The van der Waals surface area contributed by atoms with Crippen molar-refractivity contribution in [2.75, 3.05) is 18.5 Å². The van der Waals surface area contributed by atoms with E-state index in [-0.39, 0.29) is 24.5 Å². The Labute approximate surface area is 148 Å². The number of aliphatic hydroxyl groups is 1. The number of nitrogens with one attached hydrogen (secondary N) is 2. The van der Waals surface area contributed by atoms with Crippen molar-refractivity contribution in [3.05, 3.63) is 58.1 Å². The van der Waals surface area contributed by atoms with Gasteiger partial charge in [-0.05, 0) is 36.2 Å². The third-order valence-electron chi connectivity index (χ3n) is 3.40. The van der Waals surface area contributed by atoms with Gasteiger partial charge in [0.05, 0.1) is 35.2 Å². The van der Waals surface area contributed by atoms with E-state index in [1.165, 1.54) is 0 Å². The minimum Gasteiger partial charge on any atom is -0.394 e. The summed E-state index contributed by atoms with van der Waals surface area (Å²) >= 11 is 6.15. The van der Waals surface area contributed by atoms with Crippen molar-refractivity contribution >= 4 is 28.9 Å². The van der Waals surface area contributed by atoms with Gasteiger partial charge in [-0.15, -0.1) is 0 Å². The SMILES string of the molecule is CCc1ccc(Nc2c(C(=O)NOCCO)ccc(F)c2F)c(Cl)c1. The minimum atomic E-state index is -1.22. The van der Waals surface area contributed by atoms with E-state index in [9.17, 15) is 13.6 Å². The standard InChI is InChI=1S/C17H17ClF2N2O3/c1-2-10-3-6-14(12(18)9-10)21-16-11(4-5-13(19)15(16)20)17(24)22-25-8-7-23/h3-6,9,21,23H,2,7-8H2,1H3,(H,22,24). The lowest BCUT2D eigenvalue weighted by molar-refractivity contribution is 0.0168. The van der Waals surface area contributed by atoms with Crippen LogP contribution in [0.15, 0.2) is 30.3 Å². The van der Waals surface area contributed by atoms with E-state index < -0.39 is 17.5 Å². The number of aliphatic hydroxyl groups excluding tert-OH is 1. The number of hydrogen-bond acceptors (Lipinski definition) is 4. The van der Waals surface area contributed by atoms with Gasteiger partial charge in [-0.2, -0.15) is 0 Å². The van der Waals surface area contributed by atoms with Gasteiger partial charge in [0, 0.05) is 0 Å². The summed E-state index contributed by atoms with van der Waals surface area (Å²) in [5.41, 5.74) is 2.81. The third kappa shape index (κ3) is 4.66. The molecule has 3 N–H and O–H groups in total. The zero-order valence-corrected chi connectivity index (χ0v) is 14.2. The molecule has 5 nitrogen and oxygen atoms in total. The lowest BCUT2D eigenvalue weighted by Gasteiger charge is -2.15. The van der Waals surface area contributed by atoms with Crippen molar-refractivity contribution in [2.45, 2.75) is 13.3 Å². The minimum absolute atomic E-state index is 0.136. The van der Waals surface area contributed by atoms with Gasteiger partial charge >= 0.3 is 0 Å². The van der Waals surface area contributed by atoms with Crippen LogP contribution in [0.4, 0.5) is 20.2 Å². The lowest BCUT2D eigenvalue weighted by Crippen LogP contribution is -2.26. The first-order valence-electron chi connectivity index (χ1n) is 7.54. The molecule has 0 unspecified atom stereocenters. The maximum atomic E-state index is 14.2. The van der Waals surface area contributed by atoms with Crippen LogP contribution in [0.3, 0.4) is 0 Å². The molecule has 0 atom stereocenters. The zero-order valence-electron chi connectivity index (χ0n) is 13.4. The van der Waals surface area contributed by atoms with E-state index in [1.54, 1.807) is 18.2 Å². The first-order chi connectivity index (χ1) is 12.0. The van der Waals surface area contributed by atoms with Crippen LogP contribution in [0.2, 0.25) is 5.02 Å². The average molecular weight is 371 g/mol. The molecule has 0 aromatic heterocycles. The number of carbonyl (C=O) groups excluding carboxylic acids is 1. The molecule has 2 aromatic carbocycles. The predicted octanol–water partition coefficient (Wildman–Crippen LogP) is 3.58. The highest BCUT2D eigenvalue weighted by Gasteiger charge is 2.20. The molecule has 0 spiro atoms. The number of anilines is 2. The maximum absolute atomic E-state index is 14.2. The van der Waals surface area contributed by atoms with Crippen LogP contribution in [0, 0.1) is 11.6 Å². The van der Waals surface area contributed by atoms with E-state index in [0.717, 1.165) is 24.1 Å². The number of hydrogen-bond donors (Lipinski definition) is 3. The Balaban J connectivity index is 2.35. The van der Waals surface area contributed by atoms with Crippen LogP contribution in [-0.2, 0) is 11.3 Å². The van der Waals surface area contributed by atoms with Gasteiger partial charge in [0.2, 0.25) is 0 Å². The Bertz CT molecular complexity index is 772. The molecule has 0 radical (unpaired) electrons. The Hall–Kier alpha value is -2.22. The van der Waals surface area contributed by atoms with Crippen molar-refractivity contribution in [1.29, 1.82) is 0 Å². The Morgan fingerprint density at radius 1 is 1.28 bits per heavy atom. The molecule has 2 rings (SSSR count). The fourth-order valence-electron chi connectivity index (χ4n) is 2.09. The van der Waals surface area contributed by atoms with Gasteiger partial charge in [0.25, 0.3) is 5.91 Å². The topological polar surface area (TPSA) is 70.6 Å².